The molecule has 1 aliphatic rings. The van der Waals surface area contributed by atoms with Crippen LogP contribution in [-0.4, -0.2) is 39.5 Å². The highest BCUT2D eigenvalue weighted by Crippen LogP contribution is 2.31. The first-order chi connectivity index (χ1) is 14.0. The standard InChI is InChI=1S/C22H24N6O/c1-5-13(2)19-16(10-15-8-6-7-9-17(15)27-19)14(3)26-21-18-20(23-11-24-21)25-12-28(4)22(18)29/h5-11,14H,12H2,1-4H3,(H2,23,24,25,26)/b13-5+/t14-/m0/s1. The molecule has 0 aliphatic carbocycles. The summed E-state index contributed by atoms with van der Waals surface area (Å²) < 4.78 is 0. The Balaban J connectivity index is 1.77. The van der Waals surface area contributed by atoms with E-state index >= 15 is 0 Å². The maximum absolute atomic E-state index is 12.7. The number of hydrogen-bond acceptors (Lipinski definition) is 6. The van der Waals surface area contributed by atoms with E-state index in [0.717, 1.165) is 27.7 Å². The Labute approximate surface area is 169 Å². The molecule has 7 nitrogen and oxygen atoms in total. The molecule has 0 radical (unpaired) electrons. The number of carbonyl (C=O) groups excluding carboxylic acids is 1. The largest absolute Gasteiger partial charge is 0.363 e. The lowest BCUT2D eigenvalue weighted by Crippen LogP contribution is -2.38. The van der Waals surface area contributed by atoms with Gasteiger partial charge in [0.15, 0.2) is 0 Å². The number of nitrogens with one attached hydrogen (secondary N) is 2. The Hall–Kier alpha value is -3.48. The van der Waals surface area contributed by atoms with Crippen LogP contribution in [0.5, 0.6) is 0 Å². The van der Waals surface area contributed by atoms with Crippen LogP contribution in [-0.2, 0) is 0 Å². The predicted octanol–water partition coefficient (Wildman–Crippen LogP) is 4.08. The first-order valence-electron chi connectivity index (χ1n) is 9.63. The number of carbonyl (C=O) groups is 1. The lowest BCUT2D eigenvalue weighted by atomic mass is 9.99. The number of anilines is 2. The molecule has 2 aromatic heterocycles. The molecule has 2 N–H and O–H groups in total. The Morgan fingerprint density at radius 2 is 2.10 bits per heavy atom. The molecule has 4 rings (SSSR count). The number of benzene rings is 1. The summed E-state index contributed by atoms with van der Waals surface area (Å²) >= 11 is 0. The summed E-state index contributed by atoms with van der Waals surface area (Å²) in [5.41, 5.74) is 4.51. The number of fused-ring (bicyclic) bond motifs is 2. The first kappa shape index (κ1) is 18.9. The van der Waals surface area contributed by atoms with Gasteiger partial charge < -0.3 is 15.5 Å². The van der Waals surface area contributed by atoms with Crippen molar-refractivity contribution >= 4 is 34.0 Å². The summed E-state index contributed by atoms with van der Waals surface area (Å²) in [6.07, 6.45) is 3.53. The van der Waals surface area contributed by atoms with Crippen LogP contribution in [0, 0.1) is 0 Å². The Morgan fingerprint density at radius 1 is 1.31 bits per heavy atom. The van der Waals surface area contributed by atoms with Crippen LogP contribution in [0.2, 0.25) is 0 Å². The van der Waals surface area contributed by atoms with Gasteiger partial charge in [0.25, 0.3) is 5.91 Å². The number of rotatable bonds is 4. The lowest BCUT2D eigenvalue weighted by molar-refractivity contribution is 0.0796. The van der Waals surface area contributed by atoms with Crippen molar-refractivity contribution in [3.8, 4) is 0 Å². The van der Waals surface area contributed by atoms with E-state index in [2.05, 4.69) is 52.7 Å². The molecular formula is C22H24N6O. The Morgan fingerprint density at radius 3 is 2.90 bits per heavy atom. The molecule has 1 atom stereocenters. The molecule has 0 bridgehead atoms. The number of amides is 1. The number of para-hydroxylation sites is 1. The summed E-state index contributed by atoms with van der Waals surface area (Å²) in [6.45, 7) is 6.55. The normalized spacial score (nSPS) is 15.1. The summed E-state index contributed by atoms with van der Waals surface area (Å²) in [5, 5.41) is 7.64. The fourth-order valence-corrected chi connectivity index (χ4v) is 3.49. The first-order valence-corrected chi connectivity index (χ1v) is 9.63. The van der Waals surface area contributed by atoms with Crippen LogP contribution >= 0.6 is 0 Å². The maximum atomic E-state index is 12.7. The molecule has 29 heavy (non-hydrogen) atoms. The van der Waals surface area contributed by atoms with Gasteiger partial charge in [0.2, 0.25) is 0 Å². The number of nitrogens with zero attached hydrogens (tertiary/aromatic N) is 4. The molecule has 0 spiro atoms. The quantitative estimate of drug-likeness (QED) is 0.701. The van der Waals surface area contributed by atoms with Crippen molar-refractivity contribution in [1.29, 1.82) is 0 Å². The van der Waals surface area contributed by atoms with Crippen LogP contribution in [0.3, 0.4) is 0 Å². The highest BCUT2D eigenvalue weighted by molar-refractivity contribution is 6.04. The monoisotopic (exact) mass is 388 g/mol. The van der Waals surface area contributed by atoms with E-state index in [0.29, 0.717) is 23.9 Å². The van der Waals surface area contributed by atoms with Crippen molar-refractivity contribution in [3.63, 3.8) is 0 Å². The zero-order valence-electron chi connectivity index (χ0n) is 17.0. The minimum absolute atomic E-state index is 0.101. The van der Waals surface area contributed by atoms with Gasteiger partial charge in [-0.15, -0.1) is 0 Å². The number of aromatic nitrogens is 3. The van der Waals surface area contributed by atoms with Crippen LogP contribution in [0.25, 0.3) is 16.5 Å². The molecule has 0 saturated carbocycles. The second-order valence-corrected chi connectivity index (χ2v) is 7.24. The fraction of sp³-hybridized carbons (Fsp3) is 0.273. The molecule has 3 heterocycles. The van der Waals surface area contributed by atoms with Crippen LogP contribution in [0.15, 0.2) is 42.7 Å². The van der Waals surface area contributed by atoms with E-state index in [4.69, 9.17) is 4.98 Å². The molecule has 148 valence electrons. The van der Waals surface area contributed by atoms with E-state index in [1.807, 2.05) is 25.1 Å². The van der Waals surface area contributed by atoms with Crippen LogP contribution < -0.4 is 10.6 Å². The zero-order valence-corrected chi connectivity index (χ0v) is 17.0. The van der Waals surface area contributed by atoms with Crippen LogP contribution in [0.1, 0.15) is 48.4 Å². The number of hydrogen-bond donors (Lipinski definition) is 2. The third-order valence-corrected chi connectivity index (χ3v) is 5.27. The van der Waals surface area contributed by atoms with Crippen molar-refractivity contribution in [3.05, 3.63) is 59.6 Å². The molecule has 1 amide bonds. The Bertz CT molecular complexity index is 1120. The predicted molar refractivity (Wildman–Crippen MR) is 116 cm³/mol. The van der Waals surface area contributed by atoms with Crippen molar-refractivity contribution in [2.75, 3.05) is 24.3 Å². The van der Waals surface area contributed by atoms with Gasteiger partial charge >= 0.3 is 0 Å². The highest BCUT2D eigenvalue weighted by Gasteiger charge is 2.27. The minimum atomic E-state index is -0.115. The smallest absolute Gasteiger partial charge is 0.262 e. The van der Waals surface area contributed by atoms with E-state index in [9.17, 15) is 4.79 Å². The van der Waals surface area contributed by atoms with E-state index in [-0.39, 0.29) is 11.9 Å². The number of allylic oxidation sites excluding steroid dienone is 2. The van der Waals surface area contributed by atoms with Gasteiger partial charge in [0.1, 0.15) is 23.5 Å². The van der Waals surface area contributed by atoms with Gasteiger partial charge in [-0.1, -0.05) is 24.3 Å². The molecule has 7 heteroatoms. The van der Waals surface area contributed by atoms with E-state index < -0.39 is 0 Å². The lowest BCUT2D eigenvalue weighted by Gasteiger charge is -2.27. The van der Waals surface area contributed by atoms with Gasteiger partial charge in [-0.25, -0.2) is 15.0 Å². The molecule has 0 unspecified atom stereocenters. The molecule has 1 aliphatic heterocycles. The van der Waals surface area contributed by atoms with Gasteiger partial charge in [-0.05, 0) is 38.5 Å². The SMILES string of the molecule is C/C=C(\C)c1nc2ccccc2cc1[C@H](C)Nc1ncnc2c1C(=O)N(C)CN2. The third-order valence-electron chi connectivity index (χ3n) is 5.27. The second kappa shape index (κ2) is 7.50. The minimum Gasteiger partial charge on any atom is -0.363 e. The van der Waals surface area contributed by atoms with E-state index in [1.165, 1.54) is 6.33 Å². The average molecular weight is 388 g/mol. The van der Waals surface area contributed by atoms with Crippen molar-refractivity contribution in [2.24, 2.45) is 0 Å². The topological polar surface area (TPSA) is 83.0 Å². The van der Waals surface area contributed by atoms with Crippen LogP contribution in [0.4, 0.5) is 11.6 Å². The number of pyridine rings is 1. The summed E-state index contributed by atoms with van der Waals surface area (Å²) in [4.78, 5) is 27.8. The van der Waals surface area contributed by atoms with Gasteiger partial charge in [0.05, 0.1) is 23.9 Å². The third kappa shape index (κ3) is 3.40. The van der Waals surface area contributed by atoms with Gasteiger partial charge in [0, 0.05) is 18.0 Å². The van der Waals surface area contributed by atoms with Crippen molar-refractivity contribution in [1.82, 2.24) is 19.9 Å². The van der Waals surface area contributed by atoms with E-state index in [1.54, 1.807) is 11.9 Å². The highest BCUT2D eigenvalue weighted by atomic mass is 16.2. The summed E-state index contributed by atoms with van der Waals surface area (Å²) in [5.74, 6) is 0.971. The average Bonchev–Trinajstić information content (AvgIpc) is 2.74. The molecule has 0 fully saturated rings. The maximum Gasteiger partial charge on any atom is 0.262 e. The molecule has 1 aromatic carbocycles. The van der Waals surface area contributed by atoms with Crippen molar-refractivity contribution in [2.45, 2.75) is 26.8 Å². The zero-order chi connectivity index (χ0) is 20.5. The second-order valence-electron chi connectivity index (χ2n) is 7.24. The van der Waals surface area contributed by atoms with Gasteiger partial charge in [-0.2, -0.15) is 0 Å². The molecular weight excluding hydrogens is 364 g/mol. The molecule has 0 saturated heterocycles. The summed E-state index contributed by atoms with van der Waals surface area (Å²) in [6, 6.07) is 10.1. The summed E-state index contributed by atoms with van der Waals surface area (Å²) in [7, 11) is 1.75. The fourth-order valence-electron chi connectivity index (χ4n) is 3.49. The Kier molecular flexibility index (Phi) is 4.88. The van der Waals surface area contributed by atoms with Crippen molar-refractivity contribution < 1.29 is 4.79 Å². The molecule has 3 aromatic rings. The van der Waals surface area contributed by atoms with Gasteiger partial charge in [-0.3, -0.25) is 4.79 Å².